The molecule has 0 aliphatic carbocycles. The molecule has 7 nitrogen and oxygen atoms in total. The molecule has 0 saturated carbocycles. The highest BCUT2D eigenvalue weighted by Crippen LogP contribution is 2.19. The smallest absolute Gasteiger partial charge is 0.340 e. The summed E-state index contributed by atoms with van der Waals surface area (Å²) >= 11 is 0. The molecule has 0 fully saturated rings. The second-order valence-corrected chi connectivity index (χ2v) is 6.55. The summed E-state index contributed by atoms with van der Waals surface area (Å²) in [5, 5.41) is 5.41. The van der Waals surface area contributed by atoms with Crippen LogP contribution in [0, 0.1) is 12.8 Å². The van der Waals surface area contributed by atoms with Gasteiger partial charge in [-0.1, -0.05) is 25.5 Å². The van der Waals surface area contributed by atoms with Gasteiger partial charge in [0.15, 0.2) is 6.61 Å². The molecular formula is C18H27N3O4. The molecule has 0 bridgehead atoms. The fourth-order valence-corrected chi connectivity index (χ4v) is 1.83. The molecule has 0 radical (unpaired) electrons. The van der Waals surface area contributed by atoms with E-state index in [1.54, 1.807) is 32.3 Å². The van der Waals surface area contributed by atoms with Gasteiger partial charge in [0.2, 0.25) is 0 Å². The van der Waals surface area contributed by atoms with Crippen LogP contribution in [0.1, 0.15) is 36.7 Å². The molecule has 3 amide bonds. The number of amides is 3. The first-order valence-corrected chi connectivity index (χ1v) is 8.17. The molecule has 0 heterocycles. The zero-order valence-corrected chi connectivity index (χ0v) is 15.7. The van der Waals surface area contributed by atoms with Crippen molar-refractivity contribution in [2.24, 2.45) is 5.92 Å². The molecule has 0 saturated heterocycles. The van der Waals surface area contributed by atoms with E-state index >= 15 is 0 Å². The molecule has 0 unspecified atom stereocenters. The second kappa shape index (κ2) is 9.05. The van der Waals surface area contributed by atoms with Crippen molar-refractivity contribution in [3.63, 3.8) is 0 Å². The third-order valence-corrected chi connectivity index (χ3v) is 3.77. The van der Waals surface area contributed by atoms with Gasteiger partial charge >= 0.3 is 12.0 Å². The van der Waals surface area contributed by atoms with Gasteiger partial charge in [0.1, 0.15) is 0 Å². The highest BCUT2D eigenvalue weighted by atomic mass is 16.5. The van der Waals surface area contributed by atoms with Crippen molar-refractivity contribution in [3.05, 3.63) is 29.3 Å². The number of rotatable bonds is 6. The number of nitrogens with zero attached hydrogens (tertiary/aromatic N) is 1. The van der Waals surface area contributed by atoms with Gasteiger partial charge in [-0.15, -0.1) is 0 Å². The Morgan fingerprint density at radius 1 is 1.16 bits per heavy atom. The van der Waals surface area contributed by atoms with Crippen LogP contribution >= 0.6 is 0 Å². The molecule has 1 atom stereocenters. The fraction of sp³-hybridized carbons (Fsp3) is 0.500. The average molecular weight is 349 g/mol. The predicted octanol–water partition coefficient (Wildman–Crippen LogP) is 2.41. The lowest BCUT2D eigenvalue weighted by molar-refractivity contribution is -0.125. The number of urea groups is 1. The minimum atomic E-state index is -0.662. The molecule has 2 N–H and O–H groups in total. The third-order valence-electron chi connectivity index (χ3n) is 3.77. The fourth-order valence-electron chi connectivity index (χ4n) is 1.83. The monoisotopic (exact) mass is 349 g/mol. The number of hydrogen-bond donors (Lipinski definition) is 2. The molecule has 0 spiro atoms. The Labute approximate surface area is 148 Å². The van der Waals surface area contributed by atoms with Gasteiger partial charge in [0, 0.05) is 20.1 Å². The first-order chi connectivity index (χ1) is 11.6. The maximum absolute atomic E-state index is 12.3. The van der Waals surface area contributed by atoms with E-state index in [1.807, 2.05) is 27.7 Å². The Hall–Kier alpha value is -2.57. The van der Waals surface area contributed by atoms with Crippen molar-refractivity contribution in [2.45, 2.75) is 33.7 Å². The van der Waals surface area contributed by atoms with E-state index in [9.17, 15) is 14.4 Å². The van der Waals surface area contributed by atoms with Crippen molar-refractivity contribution in [1.29, 1.82) is 0 Å². The van der Waals surface area contributed by atoms with E-state index in [-0.39, 0.29) is 36.1 Å². The number of aryl methyl sites for hydroxylation is 1. The minimum absolute atomic E-state index is 0.0138. The molecule has 7 heteroatoms. The molecular weight excluding hydrogens is 322 g/mol. The van der Waals surface area contributed by atoms with E-state index in [1.165, 1.54) is 4.90 Å². The number of anilines is 1. The number of nitrogens with one attached hydrogen (secondary N) is 2. The average Bonchev–Trinajstić information content (AvgIpc) is 2.53. The Kier molecular flexibility index (Phi) is 7.42. The van der Waals surface area contributed by atoms with Gasteiger partial charge in [-0.2, -0.15) is 0 Å². The van der Waals surface area contributed by atoms with E-state index in [0.29, 0.717) is 5.69 Å². The standard InChI is InChI=1S/C18H27N3O4/c1-11(2)13(4)19-16(22)10-25-17(23)14-9-12(3)7-8-15(14)20-18(24)21(5)6/h7-9,11,13H,10H2,1-6H3,(H,19,22)(H,20,24)/t13-/m1/s1. The molecule has 25 heavy (non-hydrogen) atoms. The molecule has 1 aromatic carbocycles. The van der Waals surface area contributed by atoms with Crippen molar-refractivity contribution >= 4 is 23.6 Å². The second-order valence-electron chi connectivity index (χ2n) is 6.55. The van der Waals surface area contributed by atoms with Crippen molar-refractivity contribution in [2.75, 3.05) is 26.0 Å². The molecule has 0 aromatic heterocycles. The first kappa shape index (κ1) is 20.5. The van der Waals surface area contributed by atoms with Crippen LogP contribution in [0.4, 0.5) is 10.5 Å². The zero-order chi connectivity index (χ0) is 19.1. The molecule has 1 aromatic rings. The summed E-state index contributed by atoms with van der Waals surface area (Å²) in [7, 11) is 3.20. The third kappa shape index (κ3) is 6.45. The number of benzene rings is 1. The highest BCUT2D eigenvalue weighted by Gasteiger charge is 2.18. The molecule has 138 valence electrons. The minimum Gasteiger partial charge on any atom is -0.452 e. The van der Waals surface area contributed by atoms with Crippen LogP contribution in [-0.4, -0.2) is 49.6 Å². The van der Waals surface area contributed by atoms with Crippen LogP contribution in [0.3, 0.4) is 0 Å². The maximum Gasteiger partial charge on any atom is 0.340 e. The van der Waals surface area contributed by atoms with Crippen molar-refractivity contribution in [1.82, 2.24) is 10.2 Å². The van der Waals surface area contributed by atoms with Gasteiger partial charge < -0.3 is 20.3 Å². The summed E-state index contributed by atoms with van der Waals surface area (Å²) < 4.78 is 5.09. The number of esters is 1. The van der Waals surface area contributed by atoms with E-state index in [4.69, 9.17) is 4.74 Å². The quantitative estimate of drug-likeness (QED) is 0.772. The predicted molar refractivity (Wildman–Crippen MR) is 96.6 cm³/mol. The van der Waals surface area contributed by atoms with Gasteiger partial charge in [0.05, 0.1) is 11.3 Å². The van der Waals surface area contributed by atoms with Gasteiger partial charge in [-0.25, -0.2) is 9.59 Å². The highest BCUT2D eigenvalue weighted by molar-refractivity contribution is 6.01. The Morgan fingerprint density at radius 3 is 2.36 bits per heavy atom. The van der Waals surface area contributed by atoms with Crippen LogP contribution in [0.5, 0.6) is 0 Å². The summed E-state index contributed by atoms with van der Waals surface area (Å²) in [4.78, 5) is 37.4. The van der Waals surface area contributed by atoms with E-state index < -0.39 is 5.97 Å². The van der Waals surface area contributed by atoms with Gasteiger partial charge in [-0.3, -0.25) is 4.79 Å². The van der Waals surface area contributed by atoms with Crippen LogP contribution in [0.15, 0.2) is 18.2 Å². The Bertz CT molecular complexity index is 641. The number of carbonyl (C=O) groups is 3. The lowest BCUT2D eigenvalue weighted by Crippen LogP contribution is -2.38. The van der Waals surface area contributed by atoms with Crippen molar-refractivity contribution in [3.8, 4) is 0 Å². The largest absolute Gasteiger partial charge is 0.452 e. The Morgan fingerprint density at radius 2 is 1.80 bits per heavy atom. The summed E-state index contributed by atoms with van der Waals surface area (Å²) in [5.41, 5.74) is 1.39. The van der Waals surface area contributed by atoms with Gasteiger partial charge in [0.25, 0.3) is 5.91 Å². The lowest BCUT2D eigenvalue weighted by atomic mass is 10.1. The van der Waals surface area contributed by atoms with Crippen LogP contribution in [0.2, 0.25) is 0 Å². The van der Waals surface area contributed by atoms with E-state index in [0.717, 1.165) is 5.56 Å². The normalized spacial score (nSPS) is 11.6. The Balaban J connectivity index is 2.79. The zero-order valence-electron chi connectivity index (χ0n) is 15.7. The van der Waals surface area contributed by atoms with Crippen molar-refractivity contribution < 1.29 is 19.1 Å². The number of hydrogen-bond acceptors (Lipinski definition) is 4. The van der Waals surface area contributed by atoms with Gasteiger partial charge in [-0.05, 0) is 31.9 Å². The molecule has 0 aliphatic rings. The van der Waals surface area contributed by atoms with E-state index in [2.05, 4.69) is 10.6 Å². The topological polar surface area (TPSA) is 87.7 Å². The van der Waals surface area contributed by atoms with Crippen LogP contribution in [0.25, 0.3) is 0 Å². The van der Waals surface area contributed by atoms with Crippen LogP contribution < -0.4 is 10.6 Å². The maximum atomic E-state index is 12.3. The number of ether oxygens (including phenoxy) is 1. The molecule has 1 rings (SSSR count). The summed E-state index contributed by atoms with van der Waals surface area (Å²) in [5.74, 6) is -0.740. The molecule has 0 aliphatic heterocycles. The SMILES string of the molecule is Cc1ccc(NC(=O)N(C)C)c(C(=O)OCC(=O)N[C@H](C)C(C)C)c1. The lowest BCUT2D eigenvalue weighted by Gasteiger charge is -2.18. The summed E-state index contributed by atoms with van der Waals surface area (Å²) in [6, 6.07) is 4.65. The van der Waals surface area contributed by atoms with Crippen LogP contribution in [-0.2, 0) is 9.53 Å². The first-order valence-electron chi connectivity index (χ1n) is 8.17. The summed E-state index contributed by atoms with van der Waals surface area (Å²) in [6.07, 6.45) is 0. The number of carbonyl (C=O) groups excluding carboxylic acids is 3. The summed E-state index contributed by atoms with van der Waals surface area (Å²) in [6.45, 7) is 7.32.